The maximum Gasteiger partial charge on any atom is 0.339 e. The van der Waals surface area contributed by atoms with E-state index in [1.807, 2.05) is 30.5 Å². The van der Waals surface area contributed by atoms with Crippen LogP contribution >= 0.6 is 0 Å². The van der Waals surface area contributed by atoms with Gasteiger partial charge in [0.2, 0.25) is 0 Å². The van der Waals surface area contributed by atoms with Gasteiger partial charge in [-0.25, -0.2) is 9.78 Å². The number of nitrogens with zero attached hydrogens (tertiary/aromatic N) is 3. The Kier molecular flexibility index (Phi) is 7.80. The van der Waals surface area contributed by atoms with Gasteiger partial charge in [-0.3, -0.25) is 4.90 Å². The minimum Gasteiger partial charge on any atom is -0.478 e. The summed E-state index contributed by atoms with van der Waals surface area (Å²) in [6, 6.07) is 9.15. The number of nitrogens with one attached hydrogen (secondary N) is 1. The SMILES string of the molecule is C=C(CCC)C1=C(CN2CCN(c3ccc(C(=O)O)c(Oc4cnc5[nH]ccc5c4)c3)CC2)CCC(C)(C)C1. The molecule has 5 rings (SSSR count). The van der Waals surface area contributed by atoms with Crippen LogP contribution in [-0.4, -0.2) is 58.7 Å². The number of carboxylic acid groups (broad SMARTS) is 1. The third-order valence-corrected chi connectivity index (χ3v) is 8.11. The molecule has 39 heavy (non-hydrogen) atoms. The lowest BCUT2D eigenvalue weighted by molar-refractivity contribution is 0.0694. The van der Waals surface area contributed by atoms with Gasteiger partial charge in [0.05, 0.1) is 6.20 Å². The normalized spacial score (nSPS) is 18.0. The van der Waals surface area contributed by atoms with Gasteiger partial charge in [-0.15, -0.1) is 0 Å². The molecule has 0 unspecified atom stereocenters. The van der Waals surface area contributed by atoms with E-state index in [-0.39, 0.29) is 5.56 Å². The Labute approximate surface area is 231 Å². The fourth-order valence-electron chi connectivity index (χ4n) is 5.84. The largest absolute Gasteiger partial charge is 0.478 e. The number of pyridine rings is 1. The number of aromatic carboxylic acids is 1. The minimum atomic E-state index is -1.01. The molecule has 3 heterocycles. The lowest BCUT2D eigenvalue weighted by atomic mass is 9.72. The van der Waals surface area contributed by atoms with Crippen molar-refractivity contribution in [3.8, 4) is 11.5 Å². The van der Waals surface area contributed by atoms with E-state index in [0.717, 1.165) is 75.1 Å². The van der Waals surface area contributed by atoms with Crippen molar-refractivity contribution >= 4 is 22.7 Å². The first-order chi connectivity index (χ1) is 18.7. The highest BCUT2D eigenvalue weighted by Gasteiger charge is 2.29. The van der Waals surface area contributed by atoms with Crippen LogP contribution in [0.25, 0.3) is 11.0 Å². The molecule has 1 saturated heterocycles. The van der Waals surface area contributed by atoms with E-state index in [2.05, 4.69) is 47.1 Å². The second kappa shape index (κ2) is 11.3. The summed E-state index contributed by atoms with van der Waals surface area (Å²) in [5.74, 6) is -0.175. The van der Waals surface area contributed by atoms with Crippen LogP contribution in [0.15, 0.2) is 66.0 Å². The van der Waals surface area contributed by atoms with Gasteiger partial charge < -0.3 is 19.7 Å². The topological polar surface area (TPSA) is 81.7 Å². The van der Waals surface area contributed by atoms with Gasteiger partial charge in [0, 0.05) is 56.1 Å². The molecule has 1 aliphatic heterocycles. The number of carboxylic acids is 1. The number of piperazine rings is 1. The highest BCUT2D eigenvalue weighted by atomic mass is 16.5. The summed E-state index contributed by atoms with van der Waals surface area (Å²) < 4.78 is 6.06. The number of allylic oxidation sites excluding steroid dienone is 2. The number of benzene rings is 1. The Morgan fingerprint density at radius 2 is 1.97 bits per heavy atom. The van der Waals surface area contributed by atoms with Gasteiger partial charge in [0.15, 0.2) is 0 Å². The predicted octanol–water partition coefficient (Wildman–Crippen LogP) is 7.04. The van der Waals surface area contributed by atoms with E-state index in [4.69, 9.17) is 4.74 Å². The smallest absolute Gasteiger partial charge is 0.339 e. The van der Waals surface area contributed by atoms with Gasteiger partial charge in [-0.1, -0.05) is 44.9 Å². The van der Waals surface area contributed by atoms with Crippen LogP contribution in [0.4, 0.5) is 5.69 Å². The fraction of sp³-hybridized carbons (Fsp3) is 0.438. The van der Waals surface area contributed by atoms with Crippen LogP contribution < -0.4 is 9.64 Å². The lowest BCUT2D eigenvalue weighted by Crippen LogP contribution is -2.47. The standard InChI is InChI=1S/C32H40N4O3/c1-5-6-22(2)28-19-32(3,4)11-9-24(28)21-35-13-15-36(16-14-35)25-7-8-27(31(37)38)29(18-25)39-26-17-23-10-12-33-30(23)34-20-26/h7-8,10,12,17-18,20H,2,5-6,9,11,13-16,19,21H2,1,3-4H3,(H,33,34)(H,37,38). The maximum absolute atomic E-state index is 11.9. The molecule has 0 atom stereocenters. The molecule has 0 bridgehead atoms. The third-order valence-electron chi connectivity index (χ3n) is 8.11. The quantitative estimate of drug-likeness (QED) is 0.310. The lowest BCUT2D eigenvalue weighted by Gasteiger charge is -2.39. The highest BCUT2D eigenvalue weighted by Crippen LogP contribution is 2.42. The summed E-state index contributed by atoms with van der Waals surface area (Å²) in [6.45, 7) is 16.2. The van der Waals surface area contributed by atoms with Crippen LogP contribution in [0.2, 0.25) is 0 Å². The molecule has 2 aromatic heterocycles. The minimum absolute atomic E-state index is 0.138. The van der Waals surface area contributed by atoms with Crippen molar-refractivity contribution in [2.75, 3.05) is 37.6 Å². The van der Waals surface area contributed by atoms with E-state index in [1.165, 1.54) is 17.6 Å². The fourth-order valence-corrected chi connectivity index (χ4v) is 5.84. The zero-order valence-corrected chi connectivity index (χ0v) is 23.4. The number of H-pyrrole nitrogens is 1. The first-order valence-electron chi connectivity index (χ1n) is 14.1. The Balaban J connectivity index is 1.28. The molecule has 0 radical (unpaired) electrons. The molecule has 0 spiro atoms. The summed E-state index contributed by atoms with van der Waals surface area (Å²) in [4.78, 5) is 24.2. The molecule has 1 aliphatic carbocycles. The van der Waals surface area contributed by atoms with Crippen molar-refractivity contribution < 1.29 is 14.6 Å². The predicted molar refractivity (Wildman–Crippen MR) is 157 cm³/mol. The number of hydrogen-bond acceptors (Lipinski definition) is 5. The Morgan fingerprint density at radius 1 is 1.18 bits per heavy atom. The van der Waals surface area contributed by atoms with Crippen molar-refractivity contribution in [1.29, 1.82) is 0 Å². The number of hydrogen-bond donors (Lipinski definition) is 2. The third kappa shape index (κ3) is 6.19. The Hall–Kier alpha value is -3.58. The van der Waals surface area contributed by atoms with Crippen molar-refractivity contribution in [1.82, 2.24) is 14.9 Å². The van der Waals surface area contributed by atoms with Crippen LogP contribution in [-0.2, 0) is 0 Å². The molecule has 0 amide bonds. The molecular formula is C32H40N4O3. The summed E-state index contributed by atoms with van der Waals surface area (Å²) in [7, 11) is 0. The summed E-state index contributed by atoms with van der Waals surface area (Å²) in [6.07, 6.45) is 9.17. The zero-order valence-electron chi connectivity index (χ0n) is 23.4. The molecule has 206 valence electrons. The molecule has 3 aromatic rings. The van der Waals surface area contributed by atoms with Gasteiger partial charge in [0.25, 0.3) is 0 Å². The molecule has 7 nitrogen and oxygen atoms in total. The number of aromatic amines is 1. The van der Waals surface area contributed by atoms with Gasteiger partial charge in [-0.05, 0) is 60.9 Å². The number of fused-ring (bicyclic) bond motifs is 1. The number of rotatable bonds is 9. The van der Waals surface area contributed by atoms with E-state index < -0.39 is 5.97 Å². The molecule has 7 heteroatoms. The molecule has 0 saturated carbocycles. The van der Waals surface area contributed by atoms with Crippen LogP contribution in [0.5, 0.6) is 11.5 Å². The summed E-state index contributed by atoms with van der Waals surface area (Å²) in [5, 5.41) is 10.7. The molecule has 1 aromatic carbocycles. The van der Waals surface area contributed by atoms with Gasteiger partial charge in [0.1, 0.15) is 22.7 Å². The molecular weight excluding hydrogens is 488 g/mol. The van der Waals surface area contributed by atoms with Crippen LogP contribution in [0.1, 0.15) is 63.2 Å². The van der Waals surface area contributed by atoms with E-state index in [1.54, 1.807) is 17.8 Å². The molecule has 2 N–H and O–H groups in total. The second-order valence-corrected chi connectivity index (χ2v) is 11.7. The van der Waals surface area contributed by atoms with Crippen molar-refractivity contribution in [2.45, 2.75) is 52.9 Å². The summed E-state index contributed by atoms with van der Waals surface area (Å²) >= 11 is 0. The summed E-state index contributed by atoms with van der Waals surface area (Å²) in [5.41, 5.74) is 6.65. The van der Waals surface area contributed by atoms with Gasteiger partial charge >= 0.3 is 5.97 Å². The Bertz CT molecular complexity index is 1400. The number of carbonyl (C=O) groups is 1. The van der Waals surface area contributed by atoms with Crippen LogP contribution in [0, 0.1) is 5.41 Å². The van der Waals surface area contributed by atoms with Crippen molar-refractivity contribution in [2.24, 2.45) is 5.41 Å². The van der Waals surface area contributed by atoms with Crippen molar-refractivity contribution in [3.63, 3.8) is 0 Å². The highest BCUT2D eigenvalue weighted by molar-refractivity contribution is 5.92. The maximum atomic E-state index is 11.9. The molecule has 1 fully saturated rings. The number of anilines is 1. The average molecular weight is 529 g/mol. The Morgan fingerprint density at radius 3 is 2.72 bits per heavy atom. The van der Waals surface area contributed by atoms with Gasteiger partial charge in [-0.2, -0.15) is 0 Å². The van der Waals surface area contributed by atoms with E-state index in [0.29, 0.717) is 16.9 Å². The number of aromatic nitrogens is 2. The second-order valence-electron chi connectivity index (χ2n) is 11.7. The van der Waals surface area contributed by atoms with E-state index in [9.17, 15) is 9.90 Å². The first kappa shape index (κ1) is 27.0. The van der Waals surface area contributed by atoms with Crippen molar-refractivity contribution in [3.05, 3.63) is 71.6 Å². The zero-order chi connectivity index (χ0) is 27.6. The number of ether oxygens (including phenoxy) is 1. The average Bonchev–Trinajstić information content (AvgIpc) is 3.38. The first-order valence-corrected chi connectivity index (χ1v) is 14.1. The van der Waals surface area contributed by atoms with E-state index >= 15 is 0 Å². The van der Waals surface area contributed by atoms with Crippen LogP contribution in [0.3, 0.4) is 0 Å². The molecule has 2 aliphatic rings. The monoisotopic (exact) mass is 528 g/mol.